The van der Waals surface area contributed by atoms with Crippen LogP contribution in [0.2, 0.25) is 0 Å². The Morgan fingerprint density at radius 2 is 2.31 bits per heavy atom. The number of H-pyrrole nitrogens is 1. The van der Waals surface area contributed by atoms with Crippen molar-refractivity contribution >= 4 is 16.7 Å². The van der Waals surface area contributed by atoms with E-state index in [4.69, 9.17) is 4.74 Å². The Morgan fingerprint density at radius 1 is 1.44 bits per heavy atom. The maximum absolute atomic E-state index is 11.3. The number of carbonyl (C=O) groups is 1. The molecule has 0 radical (unpaired) electrons. The molecule has 0 aliphatic carbocycles. The van der Waals surface area contributed by atoms with Crippen LogP contribution in [0.15, 0.2) is 18.2 Å². The van der Waals surface area contributed by atoms with Crippen LogP contribution in [-0.2, 0) is 17.8 Å². The number of carbonyl (C=O) groups excluding carboxylic acids is 1. The molecule has 1 aliphatic heterocycles. The second-order valence-electron chi connectivity index (χ2n) is 4.20. The Bertz CT molecular complexity index is 569. The van der Waals surface area contributed by atoms with Crippen LogP contribution in [0.5, 0.6) is 0 Å². The average Bonchev–Trinajstić information content (AvgIpc) is 2.66. The average molecular weight is 215 g/mol. The van der Waals surface area contributed by atoms with Crippen LogP contribution in [0.25, 0.3) is 10.9 Å². The molecule has 0 saturated heterocycles. The van der Waals surface area contributed by atoms with Crippen LogP contribution in [0.3, 0.4) is 0 Å². The van der Waals surface area contributed by atoms with Gasteiger partial charge in [-0.1, -0.05) is 0 Å². The molecule has 2 aromatic rings. The van der Waals surface area contributed by atoms with Crippen molar-refractivity contribution in [2.75, 3.05) is 6.61 Å². The zero-order valence-corrected chi connectivity index (χ0v) is 9.17. The molecule has 1 aliphatic rings. The van der Waals surface area contributed by atoms with Gasteiger partial charge in [0.2, 0.25) is 0 Å². The van der Waals surface area contributed by atoms with Gasteiger partial charge in [-0.05, 0) is 25.1 Å². The maximum atomic E-state index is 11.3. The molecule has 0 amide bonds. The molecule has 3 rings (SSSR count). The summed E-state index contributed by atoms with van der Waals surface area (Å²) in [6, 6.07) is 5.81. The maximum Gasteiger partial charge on any atom is 0.159 e. The standard InChI is InChI=1S/C13H13NO2/c1-8(15)9-2-3-12-10(6-9)11-7-16-5-4-13(11)14-12/h2-3,6,14H,4-5,7H2,1H3. The van der Waals surface area contributed by atoms with E-state index in [1.165, 1.54) is 11.3 Å². The van der Waals surface area contributed by atoms with Gasteiger partial charge in [0.05, 0.1) is 13.2 Å². The predicted octanol–water partition coefficient (Wildman–Crippen LogP) is 2.44. The molecule has 0 fully saturated rings. The summed E-state index contributed by atoms with van der Waals surface area (Å²) in [5.41, 5.74) is 4.33. The number of ketones is 1. The second-order valence-corrected chi connectivity index (χ2v) is 4.20. The second kappa shape index (κ2) is 3.46. The quantitative estimate of drug-likeness (QED) is 0.742. The SMILES string of the molecule is CC(=O)c1ccc2[nH]c3c(c2c1)COCC3. The molecule has 3 heteroatoms. The number of aromatic amines is 1. The minimum atomic E-state index is 0.105. The Balaban J connectivity index is 2.25. The monoisotopic (exact) mass is 215 g/mol. The zero-order chi connectivity index (χ0) is 11.1. The largest absolute Gasteiger partial charge is 0.376 e. The summed E-state index contributed by atoms with van der Waals surface area (Å²) in [5.74, 6) is 0.105. The Labute approximate surface area is 93.4 Å². The fourth-order valence-corrected chi connectivity index (χ4v) is 2.25. The van der Waals surface area contributed by atoms with Gasteiger partial charge in [0.1, 0.15) is 0 Å². The van der Waals surface area contributed by atoms with E-state index in [0.717, 1.165) is 29.5 Å². The number of nitrogens with one attached hydrogen (secondary N) is 1. The van der Waals surface area contributed by atoms with Crippen molar-refractivity contribution in [3.8, 4) is 0 Å². The topological polar surface area (TPSA) is 42.1 Å². The first-order valence-corrected chi connectivity index (χ1v) is 5.48. The zero-order valence-electron chi connectivity index (χ0n) is 9.17. The Morgan fingerprint density at radius 3 is 3.12 bits per heavy atom. The molecule has 16 heavy (non-hydrogen) atoms. The molecule has 0 unspecified atom stereocenters. The van der Waals surface area contributed by atoms with E-state index in [9.17, 15) is 4.79 Å². The van der Waals surface area contributed by atoms with E-state index < -0.39 is 0 Å². The van der Waals surface area contributed by atoms with Crippen LogP contribution in [0, 0.1) is 0 Å². The third-order valence-electron chi connectivity index (χ3n) is 3.14. The number of ether oxygens (including phenoxy) is 1. The van der Waals surface area contributed by atoms with Crippen molar-refractivity contribution in [1.29, 1.82) is 0 Å². The predicted molar refractivity (Wildman–Crippen MR) is 61.7 cm³/mol. The first-order chi connectivity index (χ1) is 7.75. The van der Waals surface area contributed by atoms with Crippen LogP contribution in [0.1, 0.15) is 28.5 Å². The Hall–Kier alpha value is -1.61. The fraction of sp³-hybridized carbons (Fsp3) is 0.308. The molecule has 1 aromatic carbocycles. The minimum absolute atomic E-state index is 0.105. The van der Waals surface area contributed by atoms with E-state index in [1.54, 1.807) is 6.92 Å². The summed E-state index contributed by atoms with van der Waals surface area (Å²) in [6.07, 6.45) is 0.930. The van der Waals surface area contributed by atoms with Crippen molar-refractivity contribution in [1.82, 2.24) is 4.98 Å². The molecule has 3 nitrogen and oxygen atoms in total. The highest BCUT2D eigenvalue weighted by Gasteiger charge is 2.16. The van der Waals surface area contributed by atoms with Crippen molar-refractivity contribution < 1.29 is 9.53 Å². The van der Waals surface area contributed by atoms with Crippen LogP contribution in [-0.4, -0.2) is 17.4 Å². The summed E-state index contributed by atoms with van der Waals surface area (Å²) in [7, 11) is 0. The summed E-state index contributed by atoms with van der Waals surface area (Å²) < 4.78 is 5.46. The summed E-state index contributed by atoms with van der Waals surface area (Å²) in [6.45, 7) is 3.02. The Kier molecular flexibility index (Phi) is 2.07. The highest BCUT2D eigenvalue weighted by molar-refractivity contribution is 5.99. The van der Waals surface area contributed by atoms with Gasteiger partial charge in [0.15, 0.2) is 5.78 Å². The van der Waals surface area contributed by atoms with E-state index in [2.05, 4.69) is 4.98 Å². The lowest BCUT2D eigenvalue weighted by molar-refractivity contribution is 0.101. The first kappa shape index (κ1) is 9.60. The summed E-state index contributed by atoms with van der Waals surface area (Å²) in [5, 5.41) is 1.13. The lowest BCUT2D eigenvalue weighted by Gasteiger charge is -2.11. The number of aromatic nitrogens is 1. The molecule has 0 bridgehead atoms. The number of benzene rings is 1. The summed E-state index contributed by atoms with van der Waals surface area (Å²) in [4.78, 5) is 14.7. The first-order valence-electron chi connectivity index (χ1n) is 5.48. The van der Waals surface area contributed by atoms with Crippen LogP contribution >= 0.6 is 0 Å². The number of fused-ring (bicyclic) bond motifs is 3. The van der Waals surface area contributed by atoms with Crippen LogP contribution < -0.4 is 0 Å². The van der Waals surface area contributed by atoms with Crippen LogP contribution in [0.4, 0.5) is 0 Å². The van der Waals surface area contributed by atoms with Gasteiger partial charge in [-0.2, -0.15) is 0 Å². The van der Waals surface area contributed by atoms with E-state index >= 15 is 0 Å². The summed E-state index contributed by atoms with van der Waals surface area (Å²) >= 11 is 0. The minimum Gasteiger partial charge on any atom is -0.376 e. The van der Waals surface area contributed by atoms with Gasteiger partial charge < -0.3 is 9.72 Å². The number of rotatable bonds is 1. The molecule has 2 heterocycles. The van der Waals surface area contributed by atoms with E-state index in [0.29, 0.717) is 6.61 Å². The van der Waals surface area contributed by atoms with Crippen molar-refractivity contribution in [2.45, 2.75) is 20.0 Å². The third-order valence-corrected chi connectivity index (χ3v) is 3.14. The molecule has 0 saturated carbocycles. The lowest BCUT2D eigenvalue weighted by atomic mass is 10.0. The van der Waals surface area contributed by atoms with Gasteiger partial charge in [-0.15, -0.1) is 0 Å². The normalized spacial score (nSPS) is 15.1. The number of hydrogen-bond donors (Lipinski definition) is 1. The molecule has 1 aromatic heterocycles. The van der Waals surface area contributed by atoms with Crippen molar-refractivity contribution in [2.24, 2.45) is 0 Å². The third kappa shape index (κ3) is 1.36. The number of hydrogen-bond acceptors (Lipinski definition) is 2. The molecular formula is C13H13NO2. The smallest absolute Gasteiger partial charge is 0.159 e. The van der Waals surface area contributed by atoms with Gasteiger partial charge >= 0.3 is 0 Å². The molecule has 82 valence electrons. The van der Waals surface area contributed by atoms with Crippen molar-refractivity contribution in [3.63, 3.8) is 0 Å². The van der Waals surface area contributed by atoms with E-state index in [-0.39, 0.29) is 5.78 Å². The lowest BCUT2D eigenvalue weighted by Crippen LogP contribution is -2.08. The highest BCUT2D eigenvalue weighted by Crippen LogP contribution is 2.27. The van der Waals surface area contributed by atoms with E-state index in [1.807, 2.05) is 18.2 Å². The van der Waals surface area contributed by atoms with Gasteiger partial charge in [-0.25, -0.2) is 0 Å². The molecular weight excluding hydrogens is 202 g/mol. The highest BCUT2D eigenvalue weighted by atomic mass is 16.5. The molecule has 0 spiro atoms. The van der Waals surface area contributed by atoms with Crippen molar-refractivity contribution in [3.05, 3.63) is 35.0 Å². The molecule has 0 atom stereocenters. The fourth-order valence-electron chi connectivity index (χ4n) is 2.25. The van der Waals surface area contributed by atoms with Gasteiger partial charge in [-0.3, -0.25) is 4.79 Å². The molecule has 1 N–H and O–H groups in total. The number of Topliss-reactive ketones (excluding diaryl/α,β-unsaturated/α-hetero) is 1. The van der Waals surface area contributed by atoms with Gasteiger partial charge in [0, 0.05) is 34.1 Å². The van der Waals surface area contributed by atoms with Gasteiger partial charge in [0.25, 0.3) is 0 Å².